The van der Waals surface area contributed by atoms with E-state index < -0.39 is 23.6 Å². The molecule has 0 aliphatic carbocycles. The molecule has 28 heavy (non-hydrogen) atoms. The van der Waals surface area contributed by atoms with Crippen molar-refractivity contribution in [2.75, 3.05) is 13.7 Å². The predicted molar refractivity (Wildman–Crippen MR) is 96.3 cm³/mol. The summed E-state index contributed by atoms with van der Waals surface area (Å²) in [5.74, 6) is -2.11. The van der Waals surface area contributed by atoms with Gasteiger partial charge in [0.05, 0.1) is 35.5 Å². The summed E-state index contributed by atoms with van der Waals surface area (Å²) >= 11 is 6.20. The highest BCUT2D eigenvalue weighted by molar-refractivity contribution is 6.33. The molecule has 2 aromatic rings. The second-order valence-corrected chi connectivity index (χ2v) is 7.11. The number of aromatic nitrogens is 2. The van der Waals surface area contributed by atoms with Crippen molar-refractivity contribution < 1.29 is 19.4 Å². The number of nitrogens with zero attached hydrogens (tertiary/aromatic N) is 4. The number of rotatable bonds is 1. The van der Waals surface area contributed by atoms with Crippen LogP contribution in [0.25, 0.3) is 5.69 Å². The largest absolute Gasteiger partial charge is 0.493 e. The molecule has 144 valence electrons. The zero-order valence-corrected chi connectivity index (χ0v) is 15.7. The van der Waals surface area contributed by atoms with Crippen molar-refractivity contribution in [3.05, 3.63) is 44.5 Å². The molecule has 1 amide bonds. The summed E-state index contributed by atoms with van der Waals surface area (Å²) in [7, 11) is 1.12. The second kappa shape index (κ2) is 6.14. The van der Waals surface area contributed by atoms with E-state index in [9.17, 15) is 19.5 Å². The Morgan fingerprint density at radius 1 is 1.39 bits per heavy atom. The van der Waals surface area contributed by atoms with Gasteiger partial charge in [0.1, 0.15) is 11.8 Å². The second-order valence-electron chi connectivity index (χ2n) is 6.73. The Balaban J connectivity index is 1.85. The van der Waals surface area contributed by atoms with E-state index in [0.717, 1.165) is 11.7 Å². The van der Waals surface area contributed by atoms with Crippen LogP contribution in [-0.4, -0.2) is 44.7 Å². The first-order valence-corrected chi connectivity index (χ1v) is 8.84. The maximum absolute atomic E-state index is 13.0. The zero-order valence-electron chi connectivity index (χ0n) is 15.0. The molecule has 2 bridgehead atoms. The molecule has 10 heteroatoms. The summed E-state index contributed by atoms with van der Waals surface area (Å²) in [5, 5.41) is 20.1. The number of halogens is 1. The van der Waals surface area contributed by atoms with Gasteiger partial charge in [-0.05, 0) is 31.0 Å². The Kier molecular flexibility index (Phi) is 3.97. The number of hydrogen-bond donors (Lipinski definition) is 1. The quantitative estimate of drug-likeness (QED) is 0.565. The van der Waals surface area contributed by atoms with E-state index in [4.69, 9.17) is 16.9 Å². The molecule has 4 rings (SSSR count). The number of imidazole rings is 1. The van der Waals surface area contributed by atoms with Crippen LogP contribution >= 0.6 is 11.6 Å². The van der Waals surface area contributed by atoms with E-state index in [1.165, 1.54) is 21.6 Å². The summed E-state index contributed by atoms with van der Waals surface area (Å²) in [6.45, 7) is 1.83. The summed E-state index contributed by atoms with van der Waals surface area (Å²) in [5.41, 5.74) is 0.889. The average molecular weight is 403 g/mol. The highest BCUT2D eigenvalue weighted by Crippen LogP contribution is 2.48. The molecule has 2 aliphatic heterocycles. The van der Waals surface area contributed by atoms with Crippen LogP contribution in [0, 0.1) is 18.3 Å². The first kappa shape index (κ1) is 18.1. The Hall–Kier alpha value is -3.25. The standard InChI is InChI=1S/C18H15ClN4O5/c1-8-11(4-3-9(6-20)13(8)19)23-15(24)14-12-5-10(22(14)18(23)27)7-21(12)16(25)17(26)28-2/h3-4,10,12,24H,5,7H2,1-2H3/t10-,12?/m1/s1. The van der Waals surface area contributed by atoms with Crippen molar-refractivity contribution in [3.63, 3.8) is 0 Å². The monoisotopic (exact) mass is 402 g/mol. The fourth-order valence-electron chi connectivity index (χ4n) is 4.10. The molecule has 0 spiro atoms. The fraction of sp³-hybridized carbons (Fsp3) is 0.333. The lowest BCUT2D eigenvalue weighted by Crippen LogP contribution is -2.41. The minimum Gasteiger partial charge on any atom is -0.493 e. The molecule has 0 radical (unpaired) electrons. The molecule has 3 heterocycles. The molecule has 1 fully saturated rings. The van der Waals surface area contributed by atoms with Crippen LogP contribution in [0.15, 0.2) is 16.9 Å². The van der Waals surface area contributed by atoms with E-state index >= 15 is 0 Å². The molecule has 1 aromatic carbocycles. The van der Waals surface area contributed by atoms with E-state index in [1.54, 1.807) is 6.92 Å². The van der Waals surface area contributed by atoms with Gasteiger partial charge in [0.2, 0.25) is 5.88 Å². The Morgan fingerprint density at radius 3 is 2.75 bits per heavy atom. The van der Waals surface area contributed by atoms with Gasteiger partial charge in [0.25, 0.3) is 0 Å². The predicted octanol–water partition coefficient (Wildman–Crippen LogP) is 1.18. The van der Waals surface area contributed by atoms with Crippen LogP contribution < -0.4 is 5.69 Å². The van der Waals surface area contributed by atoms with E-state index in [2.05, 4.69) is 4.74 Å². The zero-order chi connectivity index (χ0) is 20.3. The van der Waals surface area contributed by atoms with Gasteiger partial charge < -0.3 is 14.7 Å². The third-order valence-corrected chi connectivity index (χ3v) is 5.88. The van der Waals surface area contributed by atoms with E-state index in [-0.39, 0.29) is 34.7 Å². The lowest BCUT2D eigenvalue weighted by atomic mass is 10.1. The Labute approximate surface area is 163 Å². The van der Waals surface area contributed by atoms with Gasteiger partial charge in [-0.1, -0.05) is 11.6 Å². The van der Waals surface area contributed by atoms with Crippen molar-refractivity contribution in [2.24, 2.45) is 0 Å². The number of aromatic hydroxyl groups is 1. The van der Waals surface area contributed by atoms with Gasteiger partial charge in [0, 0.05) is 6.54 Å². The Bertz CT molecular complexity index is 1140. The third kappa shape index (κ3) is 2.21. The van der Waals surface area contributed by atoms with Crippen molar-refractivity contribution in [1.29, 1.82) is 5.26 Å². The van der Waals surface area contributed by atoms with Crippen molar-refractivity contribution in [1.82, 2.24) is 14.0 Å². The molecule has 2 aliphatic rings. The van der Waals surface area contributed by atoms with Gasteiger partial charge in [0.15, 0.2) is 0 Å². The highest BCUT2D eigenvalue weighted by Gasteiger charge is 2.50. The van der Waals surface area contributed by atoms with Gasteiger partial charge >= 0.3 is 17.6 Å². The molecule has 1 aromatic heterocycles. The number of benzene rings is 1. The van der Waals surface area contributed by atoms with Gasteiger partial charge in [-0.15, -0.1) is 0 Å². The highest BCUT2D eigenvalue weighted by atomic mass is 35.5. The smallest absolute Gasteiger partial charge is 0.396 e. The number of ether oxygens (including phenoxy) is 1. The number of methoxy groups -OCH3 is 1. The molecular weight excluding hydrogens is 388 g/mol. The Morgan fingerprint density at radius 2 is 2.11 bits per heavy atom. The normalized spacial score (nSPS) is 19.4. The minimum atomic E-state index is -0.991. The minimum absolute atomic E-state index is 0.183. The van der Waals surface area contributed by atoms with Gasteiger partial charge in [-0.3, -0.25) is 9.36 Å². The topological polar surface area (TPSA) is 118 Å². The van der Waals surface area contributed by atoms with E-state index in [1.807, 2.05) is 6.07 Å². The fourth-order valence-corrected chi connectivity index (χ4v) is 4.30. The lowest BCUT2D eigenvalue weighted by molar-refractivity contribution is -0.159. The summed E-state index contributed by atoms with van der Waals surface area (Å²) in [6.07, 6.45) is 0.439. The molecule has 9 nitrogen and oxygen atoms in total. The van der Waals surface area contributed by atoms with Crippen molar-refractivity contribution in [3.8, 4) is 17.6 Å². The average Bonchev–Trinajstić information content (AvgIpc) is 3.35. The number of esters is 1. The molecule has 1 N–H and O–H groups in total. The summed E-state index contributed by atoms with van der Waals surface area (Å²) in [6, 6.07) is 4.03. The molecular formula is C18H15ClN4O5. The number of hydrogen-bond acceptors (Lipinski definition) is 6. The summed E-state index contributed by atoms with van der Waals surface area (Å²) in [4.78, 5) is 38.2. The summed E-state index contributed by atoms with van der Waals surface area (Å²) < 4.78 is 7.06. The number of nitriles is 1. The van der Waals surface area contributed by atoms with Gasteiger partial charge in [-0.2, -0.15) is 5.26 Å². The number of amides is 1. The number of carbonyl (C=O) groups is 2. The van der Waals surface area contributed by atoms with Gasteiger partial charge in [-0.25, -0.2) is 14.2 Å². The van der Waals surface area contributed by atoms with E-state index in [0.29, 0.717) is 17.7 Å². The maximum atomic E-state index is 13.0. The molecule has 1 saturated heterocycles. The van der Waals surface area contributed by atoms with Crippen molar-refractivity contribution in [2.45, 2.75) is 25.4 Å². The molecule has 1 unspecified atom stereocenters. The first-order chi connectivity index (χ1) is 13.3. The number of fused-ring (bicyclic) bond motifs is 5. The van der Waals surface area contributed by atoms with Crippen LogP contribution in [0.1, 0.15) is 35.3 Å². The van der Waals surface area contributed by atoms with Crippen molar-refractivity contribution >= 4 is 23.5 Å². The van der Waals surface area contributed by atoms with Crippen LogP contribution in [-0.2, 0) is 14.3 Å². The number of likely N-dealkylation sites (tertiary alicyclic amines) is 1. The first-order valence-electron chi connectivity index (χ1n) is 8.46. The molecule has 0 saturated carbocycles. The maximum Gasteiger partial charge on any atom is 0.396 e. The van der Waals surface area contributed by atoms with Crippen LogP contribution in [0.4, 0.5) is 0 Å². The van der Waals surface area contributed by atoms with Crippen LogP contribution in [0.5, 0.6) is 5.88 Å². The number of carbonyl (C=O) groups excluding carboxylic acids is 2. The SMILES string of the molecule is COC(=O)C(=O)N1C[C@H]2CC1c1c(O)n(-c3ccc(C#N)c(Cl)c3C)c(=O)n12. The van der Waals surface area contributed by atoms with Crippen LogP contribution in [0.2, 0.25) is 5.02 Å². The lowest BCUT2D eigenvalue weighted by Gasteiger charge is -2.26. The van der Waals surface area contributed by atoms with Crippen LogP contribution in [0.3, 0.4) is 0 Å². The molecule has 2 atom stereocenters. The third-order valence-electron chi connectivity index (χ3n) is 5.40.